The van der Waals surface area contributed by atoms with Crippen LogP contribution < -0.4 is 14.5 Å². The number of ether oxygens (including phenoxy) is 1. The fourth-order valence-electron chi connectivity index (χ4n) is 8.25. The Morgan fingerprint density at radius 3 is 2.26 bits per heavy atom. The second kappa shape index (κ2) is 12.4. The Bertz CT molecular complexity index is 3130. The number of rotatable bonds is 4. The molecule has 5 heterocycles. The first-order valence-electron chi connectivity index (χ1n) is 17.7. The van der Waals surface area contributed by atoms with Crippen LogP contribution in [0.2, 0.25) is 0 Å². The van der Waals surface area contributed by atoms with Gasteiger partial charge in [-0.05, 0) is 73.7 Å². The summed E-state index contributed by atoms with van der Waals surface area (Å²) in [6.07, 6.45) is 1.83. The number of hydrogen-bond acceptors (Lipinski definition) is 6. The van der Waals surface area contributed by atoms with E-state index in [-0.39, 0.29) is 21.1 Å². The van der Waals surface area contributed by atoms with E-state index < -0.39 is 0 Å². The van der Waals surface area contributed by atoms with Gasteiger partial charge < -0.3 is 18.9 Å². The molecule has 264 valence electrons. The summed E-state index contributed by atoms with van der Waals surface area (Å²) in [4.78, 5) is 14.4. The molecule has 6 aromatic carbocycles. The van der Waals surface area contributed by atoms with Crippen LogP contribution in [0.3, 0.4) is 0 Å². The van der Waals surface area contributed by atoms with E-state index in [1.54, 1.807) is 11.3 Å². The fourth-order valence-corrected chi connectivity index (χ4v) is 9.39. The normalized spacial score (nSPS) is 12.8. The number of thiophene rings is 1. The van der Waals surface area contributed by atoms with Crippen LogP contribution >= 0.6 is 11.3 Å². The molecular formula is C46H30N5OPtS-3. The van der Waals surface area contributed by atoms with E-state index in [0.717, 1.165) is 65.6 Å². The molecule has 54 heavy (non-hydrogen) atoms. The van der Waals surface area contributed by atoms with Gasteiger partial charge in [0.2, 0.25) is 0 Å². The minimum absolute atomic E-state index is 0. The second-order valence-corrected chi connectivity index (χ2v) is 14.8. The number of para-hydroxylation sites is 4. The van der Waals surface area contributed by atoms with Crippen molar-refractivity contribution in [2.75, 3.05) is 9.80 Å². The van der Waals surface area contributed by atoms with E-state index in [4.69, 9.17) is 14.7 Å². The molecule has 0 unspecified atom stereocenters. The molecule has 0 saturated heterocycles. The number of aromatic nitrogens is 3. The van der Waals surface area contributed by atoms with Gasteiger partial charge in [0.15, 0.2) is 0 Å². The molecule has 0 saturated carbocycles. The first-order valence-corrected chi connectivity index (χ1v) is 18.5. The van der Waals surface area contributed by atoms with E-state index in [0.29, 0.717) is 11.5 Å². The van der Waals surface area contributed by atoms with Crippen LogP contribution in [0.15, 0.2) is 121 Å². The Morgan fingerprint density at radius 2 is 1.41 bits per heavy atom. The van der Waals surface area contributed by atoms with Gasteiger partial charge >= 0.3 is 0 Å². The van der Waals surface area contributed by atoms with Crippen molar-refractivity contribution < 1.29 is 25.8 Å². The number of aryl methyl sites for hydroxylation is 3. The Balaban J connectivity index is 0.00000361. The van der Waals surface area contributed by atoms with E-state index in [1.165, 1.54) is 32.5 Å². The van der Waals surface area contributed by atoms with Crippen LogP contribution in [-0.2, 0) is 21.1 Å². The molecule has 11 rings (SSSR count). The number of hydrogen-bond donors (Lipinski definition) is 0. The minimum Gasteiger partial charge on any atom is -0.503 e. The van der Waals surface area contributed by atoms with Gasteiger partial charge in [-0.2, -0.15) is 11.3 Å². The molecule has 6 nitrogen and oxygen atoms in total. The Kier molecular flexibility index (Phi) is 7.55. The molecule has 8 heteroatoms. The zero-order valence-corrected chi connectivity index (χ0v) is 32.6. The summed E-state index contributed by atoms with van der Waals surface area (Å²) in [6, 6.07) is 47.5. The predicted molar refractivity (Wildman–Crippen MR) is 218 cm³/mol. The molecule has 0 atom stereocenters. The molecule has 1 aliphatic heterocycles. The van der Waals surface area contributed by atoms with Crippen LogP contribution in [0, 0.1) is 39.6 Å². The zero-order valence-electron chi connectivity index (χ0n) is 29.5. The quantitative estimate of drug-likeness (QED) is 0.130. The summed E-state index contributed by atoms with van der Waals surface area (Å²) in [6.45, 7) is 8.75. The largest absolute Gasteiger partial charge is 0.503 e. The summed E-state index contributed by atoms with van der Waals surface area (Å²) in [5.74, 6) is 1.21. The molecule has 10 aromatic rings. The molecule has 0 fully saturated rings. The maximum atomic E-state index is 6.77. The third-order valence-corrected chi connectivity index (χ3v) is 11.4. The van der Waals surface area contributed by atoms with Crippen molar-refractivity contribution in [2.24, 2.45) is 0 Å². The second-order valence-electron chi connectivity index (χ2n) is 13.8. The summed E-state index contributed by atoms with van der Waals surface area (Å²) in [7, 11) is 0. The Morgan fingerprint density at radius 1 is 0.667 bits per heavy atom. The predicted octanol–water partition coefficient (Wildman–Crippen LogP) is 12.3. The van der Waals surface area contributed by atoms with E-state index >= 15 is 0 Å². The van der Waals surface area contributed by atoms with Crippen LogP contribution in [0.4, 0.5) is 22.7 Å². The van der Waals surface area contributed by atoms with Crippen molar-refractivity contribution in [3.05, 3.63) is 157 Å². The maximum Gasteiger partial charge on any atom is 0.128 e. The number of benzene rings is 6. The third-order valence-electron chi connectivity index (χ3n) is 10.3. The third kappa shape index (κ3) is 4.88. The summed E-state index contributed by atoms with van der Waals surface area (Å²) in [5.41, 5.74) is 11.6. The standard InChI is InChI=1S/C46H30N5OS.Pt/c1-27-21-28(2)44(29(3)22-27)50-26-49(38-15-7-8-16-39(38)50)40-24-31(25-42-43(40)34-11-4-9-17-41(34)53-42)52-30-18-19-32-33-12-10-20-47-45(33)51-37-14-6-5-13-36(37)48-46(51)35(32)23-30;/h4-22,25-26H,1-3H3;/q-3;. The Hall–Kier alpha value is -5.75. The van der Waals surface area contributed by atoms with Crippen LogP contribution in [0.1, 0.15) is 16.7 Å². The van der Waals surface area contributed by atoms with Gasteiger partial charge in [-0.3, -0.25) is 4.98 Å². The molecule has 0 amide bonds. The SMILES string of the molecule is Cc1cc(C)c(N2[CH-]N(c3[c-]c(Oc4[c-]c5c(cc4)c4cccnc4n4c6ccccc6nc54)cc4sc5ccccc5c34)c3ccccc32)c(C)c1.[Pt]. The number of imidazole rings is 1. The maximum absolute atomic E-state index is 6.77. The average Bonchev–Trinajstić information content (AvgIpc) is 3.86. The van der Waals surface area contributed by atoms with E-state index in [9.17, 15) is 0 Å². The van der Waals surface area contributed by atoms with Gasteiger partial charge in [0.25, 0.3) is 0 Å². The van der Waals surface area contributed by atoms with Crippen molar-refractivity contribution in [1.29, 1.82) is 0 Å². The molecule has 0 spiro atoms. The number of anilines is 4. The zero-order chi connectivity index (χ0) is 35.4. The first kappa shape index (κ1) is 32.9. The van der Waals surface area contributed by atoms with Crippen LogP contribution in [0.5, 0.6) is 11.5 Å². The van der Waals surface area contributed by atoms with Crippen molar-refractivity contribution in [3.8, 4) is 11.5 Å². The Labute approximate surface area is 330 Å². The smallest absolute Gasteiger partial charge is 0.128 e. The van der Waals surface area contributed by atoms with Crippen molar-refractivity contribution in [3.63, 3.8) is 0 Å². The molecule has 0 radical (unpaired) electrons. The summed E-state index contributed by atoms with van der Waals surface area (Å²) < 4.78 is 11.2. The molecule has 4 aromatic heterocycles. The van der Waals surface area contributed by atoms with Crippen LogP contribution in [0.25, 0.3) is 58.7 Å². The van der Waals surface area contributed by atoms with Crippen molar-refractivity contribution in [2.45, 2.75) is 20.8 Å². The number of fused-ring (bicyclic) bond motifs is 12. The fraction of sp³-hybridized carbons (Fsp3) is 0.0652. The first-order chi connectivity index (χ1) is 26.0. The molecule has 1 aliphatic rings. The monoisotopic (exact) mass is 895 g/mol. The minimum atomic E-state index is 0. The van der Waals surface area contributed by atoms with Gasteiger partial charge in [0, 0.05) is 60.5 Å². The van der Waals surface area contributed by atoms with Gasteiger partial charge in [-0.15, -0.1) is 30.9 Å². The van der Waals surface area contributed by atoms with Gasteiger partial charge in [0.05, 0.1) is 16.7 Å². The molecular weight excluding hydrogens is 866 g/mol. The number of nitrogens with zero attached hydrogens (tertiary/aromatic N) is 5. The summed E-state index contributed by atoms with van der Waals surface area (Å²) >= 11 is 1.77. The molecule has 0 N–H and O–H groups in total. The molecule has 0 aliphatic carbocycles. The van der Waals surface area contributed by atoms with E-state index in [2.05, 4.69) is 139 Å². The van der Waals surface area contributed by atoms with Gasteiger partial charge in [-0.25, -0.2) is 4.98 Å². The van der Waals surface area contributed by atoms with Crippen molar-refractivity contribution >= 4 is 92.7 Å². The van der Waals surface area contributed by atoms with Crippen LogP contribution in [-0.4, -0.2) is 14.4 Å². The van der Waals surface area contributed by atoms with Gasteiger partial charge in [-0.1, -0.05) is 104 Å². The van der Waals surface area contributed by atoms with Gasteiger partial charge in [0.1, 0.15) is 5.65 Å². The van der Waals surface area contributed by atoms with E-state index in [1.807, 2.05) is 36.5 Å². The summed E-state index contributed by atoms with van der Waals surface area (Å²) in [5, 5.41) is 5.29. The average molecular weight is 896 g/mol. The molecule has 0 bridgehead atoms. The van der Waals surface area contributed by atoms with Crippen molar-refractivity contribution in [1.82, 2.24) is 14.4 Å². The topological polar surface area (TPSA) is 45.9 Å². The number of pyridine rings is 2.